The van der Waals surface area contributed by atoms with Gasteiger partial charge in [-0.25, -0.2) is 4.98 Å². The zero-order valence-electron chi connectivity index (χ0n) is 19.9. The van der Waals surface area contributed by atoms with Crippen LogP contribution in [-0.2, 0) is 11.3 Å². The number of para-hydroxylation sites is 1. The molecule has 2 N–H and O–H groups in total. The van der Waals surface area contributed by atoms with Crippen LogP contribution in [0.15, 0.2) is 64.2 Å². The number of nitrogens with one attached hydrogen (secondary N) is 2. The number of rotatable bonds is 8. The van der Waals surface area contributed by atoms with Crippen molar-refractivity contribution in [3.63, 3.8) is 0 Å². The first-order valence-electron chi connectivity index (χ1n) is 11.1. The minimum atomic E-state index is -0.489. The first-order valence-corrected chi connectivity index (χ1v) is 12.0. The second kappa shape index (κ2) is 10.6. The number of thioether (sulfide) groups is 1. The van der Waals surface area contributed by atoms with Gasteiger partial charge in [0.2, 0.25) is 11.6 Å². The Hall–Kier alpha value is -3.85. The molecule has 0 aliphatic heterocycles. The van der Waals surface area contributed by atoms with Gasteiger partial charge in [-0.05, 0) is 39.0 Å². The lowest BCUT2D eigenvalue weighted by molar-refractivity contribution is -0.120. The number of anilines is 1. The summed E-state index contributed by atoms with van der Waals surface area (Å²) in [6.07, 6.45) is 0. The van der Waals surface area contributed by atoms with Crippen LogP contribution in [0.1, 0.15) is 34.2 Å². The summed E-state index contributed by atoms with van der Waals surface area (Å²) >= 11 is 1.19. The van der Waals surface area contributed by atoms with Crippen LogP contribution in [0, 0.1) is 13.8 Å². The number of hydrogen-bond donors (Lipinski definition) is 2. The third-order valence-corrected chi connectivity index (χ3v) is 6.53. The van der Waals surface area contributed by atoms with Crippen LogP contribution in [0.5, 0.6) is 5.75 Å². The number of aryl methyl sites for hydroxylation is 2. The zero-order valence-corrected chi connectivity index (χ0v) is 20.7. The number of nitrogens with zero attached hydrogens (tertiary/aromatic N) is 2. The fraction of sp³-hybridized carbons (Fsp3) is 0.231. The van der Waals surface area contributed by atoms with Crippen LogP contribution in [-0.4, -0.2) is 34.1 Å². The third-order valence-electron chi connectivity index (χ3n) is 5.57. The maximum atomic E-state index is 12.8. The Bertz CT molecular complexity index is 1370. The molecule has 0 spiro atoms. The van der Waals surface area contributed by atoms with E-state index in [1.165, 1.54) is 11.8 Å². The smallest absolute Gasteiger partial charge is 0.256 e. The Labute approximate surface area is 207 Å². The Morgan fingerprint density at radius 3 is 2.51 bits per heavy atom. The Kier molecular flexibility index (Phi) is 7.36. The average Bonchev–Trinajstić information content (AvgIpc) is 3.16. The second-order valence-corrected chi connectivity index (χ2v) is 9.24. The fourth-order valence-corrected chi connectivity index (χ4v) is 4.32. The number of carbonyl (C=O) groups is 2. The van der Waals surface area contributed by atoms with Gasteiger partial charge in [-0.1, -0.05) is 48.2 Å². The lowest BCUT2D eigenvalue weighted by Gasteiger charge is -2.13. The first kappa shape index (κ1) is 24.3. The lowest BCUT2D eigenvalue weighted by atomic mass is 10.2. The van der Waals surface area contributed by atoms with E-state index >= 15 is 0 Å². The van der Waals surface area contributed by atoms with E-state index < -0.39 is 5.25 Å². The zero-order chi connectivity index (χ0) is 24.9. The summed E-state index contributed by atoms with van der Waals surface area (Å²) in [6.45, 7) is 5.84. The maximum absolute atomic E-state index is 12.8. The van der Waals surface area contributed by atoms with Crippen LogP contribution in [0.4, 0.5) is 5.82 Å². The monoisotopic (exact) mass is 490 g/mol. The van der Waals surface area contributed by atoms with E-state index in [1.807, 2.05) is 44.2 Å². The molecule has 0 saturated carbocycles. The molecule has 180 valence electrons. The van der Waals surface area contributed by atoms with Crippen LogP contribution in [0.2, 0.25) is 0 Å². The molecule has 0 aliphatic rings. The van der Waals surface area contributed by atoms with Crippen LogP contribution < -0.4 is 15.4 Å². The third kappa shape index (κ3) is 5.46. The van der Waals surface area contributed by atoms with Gasteiger partial charge in [0, 0.05) is 23.2 Å². The molecule has 0 radical (unpaired) electrons. The van der Waals surface area contributed by atoms with Crippen molar-refractivity contribution in [2.75, 3.05) is 12.4 Å². The second-order valence-electron chi connectivity index (χ2n) is 7.93. The SMILES string of the molecule is COc1ccccc1CNC(=O)C(C)Sc1nc(NC(=O)c2ccccc2)c2c(C)c(C)oc2n1. The number of fused-ring (bicyclic) bond motifs is 1. The molecule has 4 aromatic rings. The van der Waals surface area contributed by atoms with E-state index in [1.54, 1.807) is 38.3 Å². The molecule has 2 heterocycles. The molecule has 2 amide bonds. The number of amides is 2. The highest BCUT2D eigenvalue weighted by Crippen LogP contribution is 2.32. The number of ether oxygens (including phenoxy) is 1. The van der Waals surface area contributed by atoms with E-state index in [0.717, 1.165) is 11.1 Å². The largest absolute Gasteiger partial charge is 0.496 e. The van der Waals surface area contributed by atoms with Crippen molar-refractivity contribution in [3.05, 3.63) is 77.0 Å². The molecule has 0 bridgehead atoms. The molecule has 35 heavy (non-hydrogen) atoms. The molecule has 2 aromatic heterocycles. The molecule has 9 heteroatoms. The first-order chi connectivity index (χ1) is 16.9. The van der Waals surface area contributed by atoms with Crippen molar-refractivity contribution in [3.8, 4) is 5.75 Å². The average molecular weight is 491 g/mol. The molecule has 0 fully saturated rings. The number of furan rings is 1. The van der Waals surface area contributed by atoms with Crippen LogP contribution in [0.25, 0.3) is 11.1 Å². The predicted molar refractivity (Wildman–Crippen MR) is 136 cm³/mol. The van der Waals surface area contributed by atoms with E-state index in [4.69, 9.17) is 9.15 Å². The maximum Gasteiger partial charge on any atom is 0.256 e. The summed E-state index contributed by atoms with van der Waals surface area (Å²) in [7, 11) is 1.60. The molecule has 0 saturated heterocycles. The van der Waals surface area contributed by atoms with Crippen molar-refractivity contribution in [1.29, 1.82) is 0 Å². The van der Waals surface area contributed by atoms with Gasteiger partial charge in [0.05, 0.1) is 17.7 Å². The molecule has 2 aromatic carbocycles. The molecule has 1 atom stereocenters. The van der Waals surface area contributed by atoms with Gasteiger partial charge in [0.15, 0.2) is 5.16 Å². The Morgan fingerprint density at radius 1 is 1.06 bits per heavy atom. The minimum absolute atomic E-state index is 0.175. The number of aromatic nitrogens is 2. The lowest BCUT2D eigenvalue weighted by Crippen LogP contribution is -2.30. The molecule has 4 rings (SSSR count). The van der Waals surface area contributed by atoms with Gasteiger partial charge < -0.3 is 19.8 Å². The van der Waals surface area contributed by atoms with Crippen LogP contribution >= 0.6 is 11.8 Å². The highest BCUT2D eigenvalue weighted by atomic mass is 32.2. The predicted octanol–water partition coefficient (Wildman–Crippen LogP) is 4.90. The summed E-state index contributed by atoms with van der Waals surface area (Å²) in [5.41, 5.74) is 2.60. The molecule has 0 aliphatic carbocycles. The molecule has 1 unspecified atom stereocenters. The van der Waals surface area contributed by atoms with Crippen molar-refractivity contribution in [2.45, 2.75) is 37.7 Å². The number of methoxy groups -OCH3 is 1. The van der Waals surface area contributed by atoms with Crippen molar-refractivity contribution in [2.24, 2.45) is 0 Å². The Morgan fingerprint density at radius 2 is 1.77 bits per heavy atom. The summed E-state index contributed by atoms with van der Waals surface area (Å²) < 4.78 is 11.2. The minimum Gasteiger partial charge on any atom is -0.496 e. The summed E-state index contributed by atoms with van der Waals surface area (Å²) in [5, 5.41) is 6.29. The Balaban J connectivity index is 1.53. The topological polar surface area (TPSA) is 106 Å². The highest BCUT2D eigenvalue weighted by molar-refractivity contribution is 8.00. The van der Waals surface area contributed by atoms with Gasteiger partial charge in [-0.2, -0.15) is 4.98 Å². The number of benzene rings is 2. The fourth-order valence-electron chi connectivity index (χ4n) is 3.53. The van der Waals surface area contributed by atoms with Gasteiger partial charge in [-0.3, -0.25) is 9.59 Å². The summed E-state index contributed by atoms with van der Waals surface area (Å²) in [5.74, 6) is 1.29. The van der Waals surface area contributed by atoms with E-state index in [-0.39, 0.29) is 11.8 Å². The molecular formula is C26H26N4O4S. The molecular weight excluding hydrogens is 464 g/mol. The summed E-state index contributed by atoms with van der Waals surface area (Å²) in [6, 6.07) is 16.4. The number of carbonyl (C=O) groups excluding carboxylic acids is 2. The number of hydrogen-bond acceptors (Lipinski definition) is 7. The quantitative estimate of drug-likeness (QED) is 0.267. The van der Waals surface area contributed by atoms with Crippen molar-refractivity contribution < 1.29 is 18.7 Å². The highest BCUT2D eigenvalue weighted by Gasteiger charge is 2.22. The van der Waals surface area contributed by atoms with Crippen molar-refractivity contribution in [1.82, 2.24) is 15.3 Å². The summed E-state index contributed by atoms with van der Waals surface area (Å²) in [4.78, 5) is 34.6. The van der Waals surface area contributed by atoms with Crippen molar-refractivity contribution >= 4 is 40.5 Å². The van der Waals surface area contributed by atoms with Crippen LogP contribution in [0.3, 0.4) is 0 Å². The van der Waals surface area contributed by atoms with E-state index in [0.29, 0.717) is 45.7 Å². The van der Waals surface area contributed by atoms with Gasteiger partial charge in [0.1, 0.15) is 17.3 Å². The standard InChI is InChI=1S/C26H26N4O4S/c1-15-16(2)34-25-21(15)22(28-24(32)18-10-6-5-7-11-18)29-26(30-25)35-17(3)23(31)27-14-19-12-8-9-13-20(19)33-4/h5-13,17H,14H2,1-4H3,(H,27,31)(H,28,29,30,32). The molecule has 8 nitrogen and oxygen atoms in total. The normalized spacial score (nSPS) is 11.8. The van der Waals surface area contributed by atoms with Gasteiger partial charge in [-0.15, -0.1) is 0 Å². The van der Waals surface area contributed by atoms with E-state index in [9.17, 15) is 9.59 Å². The van der Waals surface area contributed by atoms with Gasteiger partial charge in [0.25, 0.3) is 5.91 Å². The van der Waals surface area contributed by atoms with E-state index in [2.05, 4.69) is 20.6 Å². The van der Waals surface area contributed by atoms with Gasteiger partial charge >= 0.3 is 0 Å².